The lowest BCUT2D eigenvalue weighted by Crippen LogP contribution is -2.40. The van der Waals surface area contributed by atoms with Gasteiger partial charge >= 0.3 is 0 Å². The number of benzene rings is 1. The van der Waals surface area contributed by atoms with Crippen LogP contribution in [0.3, 0.4) is 0 Å². The maximum absolute atomic E-state index is 12.3. The van der Waals surface area contributed by atoms with E-state index in [2.05, 4.69) is 30.8 Å². The predicted molar refractivity (Wildman–Crippen MR) is 104 cm³/mol. The quantitative estimate of drug-likeness (QED) is 0.716. The van der Waals surface area contributed by atoms with Crippen LogP contribution in [0.5, 0.6) is 0 Å². The molecular weight excluding hydrogens is 352 g/mol. The highest BCUT2D eigenvalue weighted by Crippen LogP contribution is 2.23. The van der Waals surface area contributed by atoms with Gasteiger partial charge in [-0.1, -0.05) is 12.1 Å². The number of nitrogens with one attached hydrogen (secondary N) is 1. The summed E-state index contributed by atoms with van der Waals surface area (Å²) in [5.74, 6) is 0.0509. The normalized spacial score (nSPS) is 15.8. The van der Waals surface area contributed by atoms with Crippen molar-refractivity contribution in [1.29, 1.82) is 5.26 Å². The number of carbonyl (C=O) groups is 1. The number of imidazole rings is 1. The van der Waals surface area contributed by atoms with E-state index in [4.69, 9.17) is 5.26 Å². The Bertz CT molecular complexity index is 990. The molecule has 1 atom stereocenters. The monoisotopic (exact) mass is 372 g/mol. The first-order valence-corrected chi connectivity index (χ1v) is 9.17. The lowest BCUT2D eigenvalue weighted by atomic mass is 10.1. The number of carbonyl (C=O) groups excluding carboxylic acids is 1. The van der Waals surface area contributed by atoms with Crippen molar-refractivity contribution in [2.24, 2.45) is 0 Å². The van der Waals surface area contributed by atoms with Gasteiger partial charge in [-0.2, -0.15) is 5.26 Å². The minimum Gasteiger partial charge on any atom is -0.354 e. The fourth-order valence-corrected chi connectivity index (χ4v) is 3.47. The first-order chi connectivity index (χ1) is 13.7. The fraction of sp³-hybridized carbons (Fsp3) is 0.238. The molecule has 7 heteroatoms. The van der Waals surface area contributed by atoms with Crippen LogP contribution in [0.25, 0.3) is 0 Å². The molecule has 7 nitrogen and oxygen atoms in total. The van der Waals surface area contributed by atoms with Gasteiger partial charge in [0.25, 0.3) is 0 Å². The van der Waals surface area contributed by atoms with E-state index in [1.807, 2.05) is 42.6 Å². The minimum atomic E-state index is -0.208. The lowest BCUT2D eigenvalue weighted by molar-refractivity contribution is -0.120. The number of anilines is 1. The molecule has 1 saturated heterocycles. The Labute approximate surface area is 163 Å². The molecule has 1 amide bonds. The van der Waals surface area contributed by atoms with E-state index < -0.39 is 0 Å². The van der Waals surface area contributed by atoms with E-state index in [0.29, 0.717) is 25.2 Å². The smallest absolute Gasteiger partial charge is 0.242 e. The molecule has 0 unspecified atom stereocenters. The van der Waals surface area contributed by atoms with Gasteiger partial charge in [-0.3, -0.25) is 9.78 Å². The van der Waals surface area contributed by atoms with Gasteiger partial charge in [0.05, 0.1) is 30.2 Å². The Morgan fingerprint density at radius 3 is 2.64 bits per heavy atom. The highest BCUT2D eigenvalue weighted by molar-refractivity contribution is 5.87. The molecule has 0 radical (unpaired) electrons. The molecule has 28 heavy (non-hydrogen) atoms. The number of hydrogen-bond donors (Lipinski definition) is 1. The topological polar surface area (TPSA) is 86.8 Å². The van der Waals surface area contributed by atoms with Crippen molar-refractivity contribution in [3.8, 4) is 6.07 Å². The van der Waals surface area contributed by atoms with Crippen LogP contribution in [0.4, 0.5) is 5.69 Å². The summed E-state index contributed by atoms with van der Waals surface area (Å²) in [5.41, 5.74) is 3.71. The predicted octanol–water partition coefficient (Wildman–Crippen LogP) is 2.09. The Balaban J connectivity index is 1.58. The summed E-state index contributed by atoms with van der Waals surface area (Å²) < 4.78 is 2.07. The van der Waals surface area contributed by atoms with Gasteiger partial charge in [0, 0.05) is 37.4 Å². The molecule has 1 N–H and O–H groups in total. The van der Waals surface area contributed by atoms with Crippen LogP contribution in [0.2, 0.25) is 0 Å². The first kappa shape index (κ1) is 17.7. The van der Waals surface area contributed by atoms with Crippen molar-refractivity contribution in [1.82, 2.24) is 19.9 Å². The summed E-state index contributed by atoms with van der Waals surface area (Å²) in [6.07, 6.45) is 7.88. The molecular formula is C21H20N6O. The Morgan fingerprint density at radius 2 is 1.96 bits per heavy atom. The van der Waals surface area contributed by atoms with E-state index in [1.54, 1.807) is 18.7 Å². The highest BCUT2D eigenvalue weighted by Gasteiger charge is 2.31. The Morgan fingerprint density at radius 1 is 1.18 bits per heavy atom. The lowest BCUT2D eigenvalue weighted by Gasteiger charge is -2.29. The highest BCUT2D eigenvalue weighted by atomic mass is 16.2. The zero-order valence-corrected chi connectivity index (χ0v) is 15.3. The third-order valence-corrected chi connectivity index (χ3v) is 4.96. The van der Waals surface area contributed by atoms with Crippen molar-refractivity contribution in [2.75, 3.05) is 11.4 Å². The van der Waals surface area contributed by atoms with Gasteiger partial charge in [0.2, 0.25) is 5.91 Å². The number of pyridine rings is 1. The van der Waals surface area contributed by atoms with Gasteiger partial charge in [-0.15, -0.1) is 0 Å². The summed E-state index contributed by atoms with van der Waals surface area (Å²) in [7, 11) is 0. The molecule has 3 aromatic rings. The van der Waals surface area contributed by atoms with E-state index in [0.717, 1.165) is 23.4 Å². The Hall–Kier alpha value is -3.66. The van der Waals surface area contributed by atoms with Crippen molar-refractivity contribution in [3.63, 3.8) is 0 Å². The second kappa shape index (κ2) is 7.92. The SMILES string of the molecule is N#Cc1ccc(Cn2cncc2CN(c2ccncc2)[C@@H]2CCNC2=O)cc1. The summed E-state index contributed by atoms with van der Waals surface area (Å²) in [4.78, 5) is 22.8. The van der Waals surface area contributed by atoms with E-state index in [-0.39, 0.29) is 11.9 Å². The van der Waals surface area contributed by atoms with E-state index in [9.17, 15) is 4.79 Å². The molecule has 2 aromatic heterocycles. The zero-order chi connectivity index (χ0) is 19.3. The molecule has 0 spiro atoms. The fourth-order valence-electron chi connectivity index (χ4n) is 3.47. The summed E-state index contributed by atoms with van der Waals surface area (Å²) in [6, 6.07) is 13.3. The van der Waals surface area contributed by atoms with Crippen LogP contribution in [0.1, 0.15) is 23.2 Å². The molecule has 3 heterocycles. The maximum Gasteiger partial charge on any atom is 0.242 e. The van der Waals surface area contributed by atoms with Gasteiger partial charge in [-0.25, -0.2) is 4.98 Å². The van der Waals surface area contributed by atoms with Gasteiger partial charge in [-0.05, 0) is 36.2 Å². The van der Waals surface area contributed by atoms with Gasteiger partial charge in [0.15, 0.2) is 0 Å². The molecule has 1 fully saturated rings. The van der Waals surface area contributed by atoms with Crippen molar-refractivity contribution in [3.05, 3.63) is 78.1 Å². The van der Waals surface area contributed by atoms with Crippen LogP contribution in [-0.4, -0.2) is 33.0 Å². The van der Waals surface area contributed by atoms with Crippen LogP contribution >= 0.6 is 0 Å². The number of nitriles is 1. The largest absolute Gasteiger partial charge is 0.354 e. The van der Waals surface area contributed by atoms with Gasteiger partial charge < -0.3 is 14.8 Å². The maximum atomic E-state index is 12.3. The zero-order valence-electron chi connectivity index (χ0n) is 15.3. The summed E-state index contributed by atoms with van der Waals surface area (Å²) >= 11 is 0. The van der Waals surface area contributed by atoms with Crippen molar-refractivity contribution < 1.29 is 4.79 Å². The number of rotatable bonds is 6. The summed E-state index contributed by atoms with van der Waals surface area (Å²) in [6.45, 7) is 1.91. The summed E-state index contributed by atoms with van der Waals surface area (Å²) in [5, 5.41) is 11.9. The second-order valence-electron chi connectivity index (χ2n) is 6.75. The van der Waals surface area contributed by atoms with E-state index in [1.165, 1.54) is 0 Å². The molecule has 4 rings (SSSR count). The number of hydrogen-bond acceptors (Lipinski definition) is 5. The second-order valence-corrected chi connectivity index (χ2v) is 6.75. The molecule has 1 aliphatic rings. The minimum absolute atomic E-state index is 0.0509. The molecule has 140 valence electrons. The van der Waals surface area contributed by atoms with Crippen LogP contribution in [-0.2, 0) is 17.9 Å². The molecule has 0 aliphatic carbocycles. The Kier molecular flexibility index (Phi) is 5.02. The average Bonchev–Trinajstić information content (AvgIpc) is 3.36. The third-order valence-electron chi connectivity index (χ3n) is 4.96. The van der Waals surface area contributed by atoms with E-state index >= 15 is 0 Å². The number of aromatic nitrogens is 3. The average molecular weight is 372 g/mol. The van der Waals surface area contributed by atoms with Gasteiger partial charge in [0.1, 0.15) is 6.04 Å². The van der Waals surface area contributed by atoms with Crippen LogP contribution in [0, 0.1) is 11.3 Å². The number of nitrogens with zero attached hydrogens (tertiary/aromatic N) is 5. The molecule has 0 bridgehead atoms. The molecule has 1 aliphatic heterocycles. The van der Waals surface area contributed by atoms with Crippen LogP contribution < -0.4 is 10.2 Å². The molecule has 1 aromatic carbocycles. The number of amides is 1. The first-order valence-electron chi connectivity index (χ1n) is 9.17. The standard InChI is InChI=1S/C21H20N6O/c22-11-16-1-3-17(4-2-16)13-26-15-24-12-19(26)14-27(18-5-8-23-9-6-18)20-7-10-25-21(20)28/h1-6,8-9,12,15,20H,7,10,13-14H2,(H,25,28)/t20-/m1/s1. The third kappa shape index (κ3) is 3.71. The van der Waals surface area contributed by atoms with Crippen molar-refractivity contribution in [2.45, 2.75) is 25.6 Å². The van der Waals surface area contributed by atoms with Crippen molar-refractivity contribution >= 4 is 11.6 Å². The van der Waals surface area contributed by atoms with Crippen LogP contribution in [0.15, 0.2) is 61.3 Å². The molecule has 0 saturated carbocycles.